The summed E-state index contributed by atoms with van der Waals surface area (Å²) in [5, 5.41) is 8.24. The molecule has 0 amide bonds. The van der Waals surface area contributed by atoms with Crippen molar-refractivity contribution in [2.24, 2.45) is 11.8 Å². The molecule has 3 unspecified atom stereocenters. The van der Waals surface area contributed by atoms with Crippen molar-refractivity contribution in [3.05, 3.63) is 20.8 Å². The lowest BCUT2D eigenvalue weighted by molar-refractivity contribution is 0.222. The van der Waals surface area contributed by atoms with Crippen LogP contribution in [0.2, 0.25) is 0 Å². The fourth-order valence-corrected chi connectivity index (χ4v) is 4.92. The highest BCUT2D eigenvalue weighted by Crippen LogP contribution is 2.44. The molecule has 1 saturated carbocycles. The first-order chi connectivity index (χ1) is 9.11. The van der Waals surface area contributed by atoms with E-state index < -0.39 is 0 Å². The van der Waals surface area contributed by atoms with Crippen molar-refractivity contribution in [3.63, 3.8) is 0 Å². The monoisotopic (exact) mass is 343 g/mol. The quantitative estimate of drug-likeness (QED) is 0.752. The zero-order chi connectivity index (χ0) is 13.8. The summed E-state index contributed by atoms with van der Waals surface area (Å²) in [6, 6.07) is 0.593. The van der Waals surface area contributed by atoms with Gasteiger partial charge in [0.1, 0.15) is 0 Å². The van der Waals surface area contributed by atoms with Gasteiger partial charge >= 0.3 is 0 Å². The average Bonchev–Trinajstić information content (AvgIpc) is 2.82. The Hall–Kier alpha value is 0.140. The van der Waals surface area contributed by atoms with Crippen LogP contribution in [-0.4, -0.2) is 12.6 Å². The van der Waals surface area contributed by atoms with Crippen molar-refractivity contribution in [1.29, 1.82) is 0 Å². The SMILES string of the molecule is CCC1CCC(CNC(C)C)C(c2cscc2Br)C1. The fourth-order valence-electron chi connectivity index (χ4n) is 3.26. The fraction of sp³-hybridized carbons (Fsp3) is 0.750. The standard InChI is InChI=1S/C16H26BrNS/c1-4-12-5-6-13(8-18-11(2)3)14(7-12)15-9-19-10-16(15)17/h9-14,18H,4-8H2,1-3H3. The maximum atomic E-state index is 3.74. The second kappa shape index (κ2) is 7.24. The highest BCUT2D eigenvalue weighted by atomic mass is 79.9. The maximum absolute atomic E-state index is 3.74. The first-order valence-corrected chi connectivity index (χ1v) is 9.30. The molecule has 1 aliphatic carbocycles. The van der Waals surface area contributed by atoms with Crippen LogP contribution in [0.1, 0.15) is 57.9 Å². The molecular formula is C16H26BrNS. The number of nitrogens with one attached hydrogen (secondary N) is 1. The van der Waals surface area contributed by atoms with E-state index in [9.17, 15) is 0 Å². The van der Waals surface area contributed by atoms with Crippen LogP contribution >= 0.6 is 27.3 Å². The van der Waals surface area contributed by atoms with Crippen LogP contribution < -0.4 is 5.32 Å². The molecule has 1 heterocycles. The summed E-state index contributed by atoms with van der Waals surface area (Å²) in [6.45, 7) is 8.00. The van der Waals surface area contributed by atoms with Gasteiger partial charge in [0.05, 0.1) is 0 Å². The lowest BCUT2D eigenvalue weighted by Crippen LogP contribution is -2.35. The molecule has 19 heavy (non-hydrogen) atoms. The maximum Gasteiger partial charge on any atom is 0.0317 e. The van der Waals surface area contributed by atoms with Crippen molar-refractivity contribution in [2.75, 3.05) is 6.54 Å². The van der Waals surface area contributed by atoms with E-state index in [0.717, 1.165) is 17.8 Å². The van der Waals surface area contributed by atoms with Crippen molar-refractivity contribution in [1.82, 2.24) is 5.32 Å². The smallest absolute Gasteiger partial charge is 0.0317 e. The number of hydrogen-bond donors (Lipinski definition) is 1. The van der Waals surface area contributed by atoms with Gasteiger partial charge in [0.25, 0.3) is 0 Å². The topological polar surface area (TPSA) is 12.0 Å². The second-order valence-corrected chi connectivity index (χ2v) is 7.79. The van der Waals surface area contributed by atoms with Gasteiger partial charge in [-0.3, -0.25) is 0 Å². The normalized spacial score (nSPS) is 27.9. The van der Waals surface area contributed by atoms with E-state index in [1.165, 1.54) is 36.7 Å². The zero-order valence-corrected chi connectivity index (χ0v) is 14.7. The van der Waals surface area contributed by atoms with E-state index in [1.807, 2.05) is 11.3 Å². The summed E-state index contributed by atoms with van der Waals surface area (Å²) in [6.07, 6.45) is 5.50. The van der Waals surface area contributed by atoms with Gasteiger partial charge in [-0.2, -0.15) is 11.3 Å². The van der Waals surface area contributed by atoms with Crippen LogP contribution in [0.15, 0.2) is 15.2 Å². The highest BCUT2D eigenvalue weighted by molar-refractivity contribution is 9.10. The lowest BCUT2D eigenvalue weighted by atomic mass is 9.71. The zero-order valence-electron chi connectivity index (χ0n) is 12.3. The van der Waals surface area contributed by atoms with Crippen LogP contribution in [0, 0.1) is 11.8 Å². The van der Waals surface area contributed by atoms with Crippen molar-refractivity contribution < 1.29 is 0 Å². The van der Waals surface area contributed by atoms with Gasteiger partial charge < -0.3 is 5.32 Å². The molecule has 0 radical (unpaired) electrons. The molecule has 1 nitrogen and oxygen atoms in total. The minimum atomic E-state index is 0.593. The van der Waals surface area contributed by atoms with Crippen LogP contribution in [0.25, 0.3) is 0 Å². The van der Waals surface area contributed by atoms with Crippen LogP contribution in [0.4, 0.5) is 0 Å². The predicted octanol–water partition coefficient (Wildman–Crippen LogP) is 5.42. The molecular weight excluding hydrogens is 318 g/mol. The molecule has 1 aromatic heterocycles. The Labute approximate surface area is 130 Å². The van der Waals surface area contributed by atoms with Crippen molar-refractivity contribution in [3.8, 4) is 0 Å². The Bertz CT molecular complexity index is 388. The van der Waals surface area contributed by atoms with Gasteiger partial charge in [0, 0.05) is 15.9 Å². The van der Waals surface area contributed by atoms with Gasteiger partial charge in [0.2, 0.25) is 0 Å². The van der Waals surface area contributed by atoms with Gasteiger partial charge in [-0.15, -0.1) is 0 Å². The van der Waals surface area contributed by atoms with E-state index in [0.29, 0.717) is 6.04 Å². The molecule has 3 heteroatoms. The summed E-state index contributed by atoms with van der Waals surface area (Å²) in [5.41, 5.74) is 1.55. The molecule has 0 aliphatic heterocycles. The third-order valence-corrected chi connectivity index (χ3v) is 6.26. The Morgan fingerprint density at radius 1 is 1.37 bits per heavy atom. The van der Waals surface area contributed by atoms with E-state index in [-0.39, 0.29) is 0 Å². The first-order valence-electron chi connectivity index (χ1n) is 7.56. The van der Waals surface area contributed by atoms with Crippen molar-refractivity contribution in [2.45, 2.75) is 58.4 Å². The summed E-state index contributed by atoms with van der Waals surface area (Å²) in [4.78, 5) is 0. The number of halogens is 1. The van der Waals surface area contributed by atoms with Crippen LogP contribution in [-0.2, 0) is 0 Å². The van der Waals surface area contributed by atoms with E-state index in [1.54, 1.807) is 5.56 Å². The number of hydrogen-bond acceptors (Lipinski definition) is 2. The van der Waals surface area contributed by atoms with Crippen LogP contribution in [0.5, 0.6) is 0 Å². The number of rotatable bonds is 5. The lowest BCUT2D eigenvalue weighted by Gasteiger charge is -2.36. The van der Waals surface area contributed by atoms with E-state index >= 15 is 0 Å². The average molecular weight is 344 g/mol. The Morgan fingerprint density at radius 2 is 2.16 bits per heavy atom. The Balaban J connectivity index is 2.09. The third-order valence-electron chi connectivity index (χ3n) is 4.51. The first kappa shape index (κ1) is 15.5. The molecule has 0 spiro atoms. The molecule has 1 aromatic rings. The molecule has 1 fully saturated rings. The Morgan fingerprint density at radius 3 is 2.74 bits per heavy atom. The van der Waals surface area contributed by atoms with Gasteiger partial charge in [-0.05, 0) is 64.0 Å². The van der Waals surface area contributed by atoms with Crippen molar-refractivity contribution >= 4 is 27.3 Å². The largest absolute Gasteiger partial charge is 0.314 e. The number of thiophene rings is 1. The molecule has 0 saturated heterocycles. The molecule has 1 aliphatic rings. The Kier molecular flexibility index (Phi) is 5.91. The van der Waals surface area contributed by atoms with E-state index in [4.69, 9.17) is 0 Å². The molecule has 1 N–H and O–H groups in total. The molecule has 0 bridgehead atoms. The summed E-state index contributed by atoms with van der Waals surface area (Å²) >= 11 is 5.57. The van der Waals surface area contributed by atoms with Crippen LogP contribution in [0.3, 0.4) is 0 Å². The van der Waals surface area contributed by atoms with Gasteiger partial charge in [-0.25, -0.2) is 0 Å². The van der Waals surface area contributed by atoms with Gasteiger partial charge in [-0.1, -0.05) is 33.6 Å². The highest BCUT2D eigenvalue weighted by Gasteiger charge is 2.32. The molecule has 2 rings (SSSR count). The minimum absolute atomic E-state index is 0.593. The molecule has 0 aromatic carbocycles. The van der Waals surface area contributed by atoms with E-state index in [2.05, 4.69) is 52.8 Å². The molecule has 3 atom stereocenters. The summed E-state index contributed by atoms with van der Waals surface area (Å²) < 4.78 is 1.33. The predicted molar refractivity (Wildman–Crippen MR) is 89.0 cm³/mol. The summed E-state index contributed by atoms with van der Waals surface area (Å²) in [7, 11) is 0. The second-order valence-electron chi connectivity index (χ2n) is 6.19. The molecule has 108 valence electrons. The third kappa shape index (κ3) is 4.05. The minimum Gasteiger partial charge on any atom is -0.314 e. The van der Waals surface area contributed by atoms with Gasteiger partial charge in [0.15, 0.2) is 0 Å². The summed E-state index contributed by atoms with van der Waals surface area (Å²) in [5.74, 6) is 2.47.